The molecule has 1 aliphatic heterocycles. The lowest BCUT2D eigenvalue weighted by Gasteiger charge is -2.34. The van der Waals surface area contributed by atoms with E-state index in [9.17, 15) is 0 Å². The van der Waals surface area contributed by atoms with E-state index >= 15 is 0 Å². The number of rotatable bonds is 7. The molecule has 1 aromatic carbocycles. The number of nitrogens with one attached hydrogen (secondary N) is 2. The van der Waals surface area contributed by atoms with E-state index < -0.39 is 0 Å². The SMILES string of the molecule is CCNC(=NCC(C)(C)N(C)C)NC1CCN(Cc2ccccc2)CC1.I. The second-order valence-corrected chi connectivity index (χ2v) is 8.08. The lowest BCUT2D eigenvalue weighted by molar-refractivity contribution is 0.197. The Morgan fingerprint density at radius 3 is 2.37 bits per heavy atom. The molecule has 0 saturated carbocycles. The van der Waals surface area contributed by atoms with Gasteiger partial charge in [-0.05, 0) is 53.3 Å². The fourth-order valence-corrected chi connectivity index (χ4v) is 3.00. The molecule has 0 amide bonds. The maximum atomic E-state index is 4.83. The molecule has 154 valence electrons. The van der Waals surface area contributed by atoms with E-state index in [1.165, 1.54) is 5.56 Å². The third kappa shape index (κ3) is 8.35. The van der Waals surface area contributed by atoms with Gasteiger partial charge >= 0.3 is 0 Å². The lowest BCUT2D eigenvalue weighted by Crippen LogP contribution is -2.49. The van der Waals surface area contributed by atoms with Crippen LogP contribution >= 0.6 is 24.0 Å². The first-order valence-electron chi connectivity index (χ1n) is 9.89. The zero-order valence-electron chi connectivity index (χ0n) is 17.7. The number of hydrogen-bond donors (Lipinski definition) is 2. The summed E-state index contributed by atoms with van der Waals surface area (Å²) in [7, 11) is 4.22. The van der Waals surface area contributed by atoms with Crippen LogP contribution in [-0.4, -0.2) is 67.6 Å². The highest BCUT2D eigenvalue weighted by atomic mass is 127. The highest BCUT2D eigenvalue weighted by molar-refractivity contribution is 14.0. The average molecular weight is 487 g/mol. The summed E-state index contributed by atoms with van der Waals surface area (Å²) < 4.78 is 0. The van der Waals surface area contributed by atoms with Crippen molar-refractivity contribution < 1.29 is 0 Å². The Bertz CT molecular complexity index is 551. The van der Waals surface area contributed by atoms with E-state index in [0.29, 0.717) is 6.04 Å². The molecule has 0 aromatic heterocycles. The molecule has 0 atom stereocenters. The number of piperidine rings is 1. The number of nitrogens with zero attached hydrogens (tertiary/aromatic N) is 3. The Morgan fingerprint density at radius 2 is 1.81 bits per heavy atom. The van der Waals surface area contributed by atoms with Crippen LogP contribution in [0.5, 0.6) is 0 Å². The third-order valence-corrected chi connectivity index (χ3v) is 5.36. The number of likely N-dealkylation sites (N-methyl/N-ethyl adjacent to an activating group) is 1. The molecule has 0 aliphatic carbocycles. The number of benzene rings is 1. The molecular weight excluding hydrogens is 449 g/mol. The minimum atomic E-state index is 0. The van der Waals surface area contributed by atoms with Crippen molar-refractivity contribution in [1.29, 1.82) is 0 Å². The van der Waals surface area contributed by atoms with Gasteiger partial charge in [0, 0.05) is 37.8 Å². The zero-order valence-corrected chi connectivity index (χ0v) is 20.0. The third-order valence-electron chi connectivity index (χ3n) is 5.36. The topological polar surface area (TPSA) is 42.9 Å². The van der Waals surface area contributed by atoms with E-state index in [-0.39, 0.29) is 29.5 Å². The van der Waals surface area contributed by atoms with Crippen LogP contribution in [0, 0.1) is 0 Å². The van der Waals surface area contributed by atoms with Crippen LogP contribution in [0.2, 0.25) is 0 Å². The van der Waals surface area contributed by atoms with Crippen LogP contribution in [0.4, 0.5) is 0 Å². The van der Waals surface area contributed by atoms with E-state index in [2.05, 4.69) is 85.6 Å². The van der Waals surface area contributed by atoms with Gasteiger partial charge in [0.2, 0.25) is 0 Å². The van der Waals surface area contributed by atoms with Crippen molar-refractivity contribution in [3.05, 3.63) is 35.9 Å². The van der Waals surface area contributed by atoms with Gasteiger partial charge in [-0.3, -0.25) is 9.89 Å². The first-order valence-corrected chi connectivity index (χ1v) is 9.89. The van der Waals surface area contributed by atoms with Gasteiger partial charge in [0.25, 0.3) is 0 Å². The Hall–Kier alpha value is -0.860. The van der Waals surface area contributed by atoms with Gasteiger partial charge in [-0.25, -0.2) is 0 Å². The summed E-state index contributed by atoms with van der Waals surface area (Å²) in [6.07, 6.45) is 2.32. The molecule has 0 radical (unpaired) electrons. The lowest BCUT2D eigenvalue weighted by atomic mass is 10.0. The molecule has 1 aromatic rings. The van der Waals surface area contributed by atoms with Gasteiger partial charge in [-0.2, -0.15) is 0 Å². The minimum absolute atomic E-state index is 0. The minimum Gasteiger partial charge on any atom is -0.357 e. The molecule has 1 heterocycles. The number of hydrogen-bond acceptors (Lipinski definition) is 3. The van der Waals surface area contributed by atoms with E-state index in [1.807, 2.05) is 0 Å². The molecule has 0 bridgehead atoms. The quantitative estimate of drug-likeness (QED) is 0.353. The first-order chi connectivity index (χ1) is 12.4. The van der Waals surface area contributed by atoms with Crippen molar-refractivity contribution in [1.82, 2.24) is 20.4 Å². The molecule has 2 rings (SSSR count). The van der Waals surface area contributed by atoms with Crippen LogP contribution in [0.3, 0.4) is 0 Å². The van der Waals surface area contributed by atoms with Crippen molar-refractivity contribution in [2.24, 2.45) is 4.99 Å². The summed E-state index contributed by atoms with van der Waals surface area (Å²) in [5.74, 6) is 0.948. The standard InChI is InChI=1S/C21H37N5.HI/c1-6-22-20(23-17-21(2,3)25(4)5)24-19-12-14-26(15-13-19)16-18-10-8-7-9-11-18;/h7-11,19H,6,12-17H2,1-5H3,(H2,22,23,24);1H. The second kappa shape index (κ2) is 11.9. The highest BCUT2D eigenvalue weighted by Crippen LogP contribution is 2.14. The van der Waals surface area contributed by atoms with Crippen LogP contribution in [0.15, 0.2) is 35.3 Å². The van der Waals surface area contributed by atoms with Gasteiger partial charge in [0.05, 0.1) is 6.54 Å². The maximum absolute atomic E-state index is 4.83. The van der Waals surface area contributed by atoms with E-state index in [4.69, 9.17) is 4.99 Å². The average Bonchev–Trinajstić information content (AvgIpc) is 2.62. The number of likely N-dealkylation sites (tertiary alicyclic amines) is 1. The van der Waals surface area contributed by atoms with Crippen LogP contribution in [0.1, 0.15) is 39.2 Å². The molecule has 2 N–H and O–H groups in total. The Balaban J connectivity index is 0.00000364. The van der Waals surface area contributed by atoms with Gasteiger partial charge in [-0.1, -0.05) is 30.3 Å². The Morgan fingerprint density at radius 1 is 1.19 bits per heavy atom. The fraction of sp³-hybridized carbons (Fsp3) is 0.667. The molecule has 1 saturated heterocycles. The number of aliphatic imine (C=N–C) groups is 1. The summed E-state index contributed by atoms with van der Waals surface area (Å²) in [5.41, 5.74) is 1.46. The van der Waals surface area contributed by atoms with E-state index in [0.717, 1.165) is 51.5 Å². The van der Waals surface area contributed by atoms with Crippen molar-refractivity contribution in [3.63, 3.8) is 0 Å². The number of guanidine groups is 1. The Kier molecular flexibility index (Phi) is 10.6. The molecule has 0 unspecified atom stereocenters. The smallest absolute Gasteiger partial charge is 0.191 e. The van der Waals surface area contributed by atoms with Crippen molar-refractivity contribution in [2.45, 2.75) is 51.7 Å². The summed E-state index contributed by atoms with van der Waals surface area (Å²) in [6.45, 7) is 11.6. The normalized spacial score (nSPS) is 16.9. The van der Waals surface area contributed by atoms with Crippen LogP contribution < -0.4 is 10.6 Å². The molecule has 27 heavy (non-hydrogen) atoms. The summed E-state index contributed by atoms with van der Waals surface area (Å²) in [4.78, 5) is 9.60. The molecule has 1 fully saturated rings. The number of halogens is 1. The fourth-order valence-electron chi connectivity index (χ4n) is 3.00. The molecular formula is C21H38IN5. The summed E-state index contributed by atoms with van der Waals surface area (Å²) >= 11 is 0. The van der Waals surface area contributed by atoms with E-state index in [1.54, 1.807) is 0 Å². The van der Waals surface area contributed by atoms with Crippen LogP contribution in [0.25, 0.3) is 0 Å². The van der Waals surface area contributed by atoms with Crippen LogP contribution in [-0.2, 0) is 6.54 Å². The van der Waals surface area contributed by atoms with Crippen molar-refractivity contribution in [2.75, 3.05) is 40.3 Å². The van der Waals surface area contributed by atoms with Gasteiger partial charge in [-0.15, -0.1) is 24.0 Å². The van der Waals surface area contributed by atoms with Gasteiger partial charge in [0.1, 0.15) is 0 Å². The first kappa shape index (κ1) is 24.2. The summed E-state index contributed by atoms with van der Waals surface area (Å²) in [6, 6.07) is 11.3. The summed E-state index contributed by atoms with van der Waals surface area (Å²) in [5, 5.41) is 7.05. The molecule has 5 nitrogen and oxygen atoms in total. The monoisotopic (exact) mass is 487 g/mol. The maximum Gasteiger partial charge on any atom is 0.191 e. The van der Waals surface area contributed by atoms with Gasteiger partial charge in [0.15, 0.2) is 5.96 Å². The largest absolute Gasteiger partial charge is 0.357 e. The predicted octanol–water partition coefficient (Wildman–Crippen LogP) is 3.16. The molecule has 1 aliphatic rings. The van der Waals surface area contributed by atoms with Crippen molar-refractivity contribution in [3.8, 4) is 0 Å². The molecule has 0 spiro atoms. The predicted molar refractivity (Wildman–Crippen MR) is 127 cm³/mol. The molecule has 6 heteroatoms. The van der Waals surface area contributed by atoms with Gasteiger partial charge < -0.3 is 15.5 Å². The van der Waals surface area contributed by atoms with Crippen molar-refractivity contribution >= 4 is 29.9 Å². The Labute approximate surface area is 183 Å². The zero-order chi connectivity index (χ0) is 19.0. The highest BCUT2D eigenvalue weighted by Gasteiger charge is 2.22. The second-order valence-electron chi connectivity index (χ2n) is 8.08.